The molecule has 180 valence electrons. The minimum absolute atomic E-state index is 0.102. The van der Waals surface area contributed by atoms with Gasteiger partial charge in [-0.05, 0) is 32.3 Å². The second-order valence-corrected chi connectivity index (χ2v) is 11.8. The van der Waals surface area contributed by atoms with Crippen LogP contribution in [0.3, 0.4) is 0 Å². The average Bonchev–Trinajstić information content (AvgIpc) is 2.65. The van der Waals surface area contributed by atoms with E-state index in [1.54, 1.807) is 32.5 Å². The van der Waals surface area contributed by atoms with Gasteiger partial charge >= 0.3 is 12.1 Å². The minimum atomic E-state index is -0.853. The summed E-state index contributed by atoms with van der Waals surface area (Å²) < 4.78 is 10.6. The summed E-state index contributed by atoms with van der Waals surface area (Å²) in [5.41, 5.74) is 0.177. The van der Waals surface area contributed by atoms with Crippen LogP contribution in [0, 0.1) is 5.92 Å². The fraction of sp³-hybridized carbons (Fsp3) is 0.625. The van der Waals surface area contributed by atoms with Crippen molar-refractivity contribution in [3.8, 4) is 0 Å². The van der Waals surface area contributed by atoms with Crippen LogP contribution in [0.2, 0.25) is 0 Å². The molecule has 0 aliphatic heterocycles. The third-order valence-electron chi connectivity index (χ3n) is 4.13. The molecule has 0 heterocycles. The van der Waals surface area contributed by atoms with Gasteiger partial charge in [0.25, 0.3) is 0 Å². The van der Waals surface area contributed by atoms with Crippen molar-refractivity contribution in [2.24, 2.45) is 5.92 Å². The topological polar surface area (TPSA) is 93.7 Å². The highest BCUT2D eigenvalue weighted by molar-refractivity contribution is 8.00. The van der Waals surface area contributed by atoms with Crippen molar-refractivity contribution in [3.63, 3.8) is 0 Å². The Bertz CT molecular complexity index is 754. The van der Waals surface area contributed by atoms with Gasteiger partial charge in [-0.1, -0.05) is 65.0 Å². The van der Waals surface area contributed by atoms with Crippen molar-refractivity contribution < 1.29 is 23.9 Å². The summed E-state index contributed by atoms with van der Waals surface area (Å²) in [6.07, 6.45) is -0.682. The van der Waals surface area contributed by atoms with Crippen molar-refractivity contribution in [1.82, 2.24) is 10.6 Å². The summed E-state index contributed by atoms with van der Waals surface area (Å²) >= 11 is 1.55. The Morgan fingerprint density at radius 1 is 0.969 bits per heavy atom. The number of nitrogens with one attached hydrogen (secondary N) is 2. The van der Waals surface area contributed by atoms with Gasteiger partial charge in [-0.2, -0.15) is 11.8 Å². The van der Waals surface area contributed by atoms with Gasteiger partial charge in [0.2, 0.25) is 5.91 Å². The molecule has 2 atom stereocenters. The maximum atomic E-state index is 13.0. The quantitative estimate of drug-likeness (QED) is 0.527. The molecular formula is C24H38N2O5S. The molecule has 0 aliphatic rings. The molecule has 2 N–H and O–H groups in total. The van der Waals surface area contributed by atoms with Crippen molar-refractivity contribution in [2.75, 3.05) is 5.75 Å². The number of ether oxygens (including phenoxy) is 2. The van der Waals surface area contributed by atoms with E-state index in [9.17, 15) is 14.4 Å². The molecule has 0 spiro atoms. The van der Waals surface area contributed by atoms with Gasteiger partial charge in [-0.25, -0.2) is 9.59 Å². The molecule has 32 heavy (non-hydrogen) atoms. The lowest BCUT2D eigenvalue weighted by Gasteiger charge is -2.27. The lowest BCUT2D eigenvalue weighted by Crippen LogP contribution is -2.55. The van der Waals surface area contributed by atoms with Gasteiger partial charge in [0.15, 0.2) is 0 Å². The zero-order valence-corrected chi connectivity index (χ0v) is 21.3. The Morgan fingerprint density at radius 3 is 2.06 bits per heavy atom. The Hall–Kier alpha value is -2.22. The first kappa shape index (κ1) is 27.8. The number of hydrogen-bond acceptors (Lipinski definition) is 6. The molecule has 0 saturated carbocycles. The molecule has 1 aromatic carbocycles. The van der Waals surface area contributed by atoms with Crippen molar-refractivity contribution in [2.45, 2.75) is 84.4 Å². The van der Waals surface area contributed by atoms with E-state index < -0.39 is 35.7 Å². The summed E-state index contributed by atoms with van der Waals surface area (Å²) in [7, 11) is 0. The van der Waals surface area contributed by atoms with Crippen LogP contribution in [0.5, 0.6) is 0 Å². The first-order chi connectivity index (χ1) is 14.7. The third-order valence-corrected chi connectivity index (χ3v) is 5.50. The highest BCUT2D eigenvalue weighted by Crippen LogP contribution is 2.24. The molecule has 0 bridgehead atoms. The van der Waals surface area contributed by atoms with Gasteiger partial charge in [-0.3, -0.25) is 4.79 Å². The number of esters is 1. The monoisotopic (exact) mass is 466 g/mol. The number of rotatable bonds is 9. The number of alkyl carbamates (subject to hydrolysis) is 1. The lowest BCUT2D eigenvalue weighted by atomic mass is 10.0. The fourth-order valence-corrected chi connectivity index (χ4v) is 3.45. The molecule has 0 fully saturated rings. The Morgan fingerprint density at radius 2 is 1.56 bits per heavy atom. The predicted molar refractivity (Wildman–Crippen MR) is 128 cm³/mol. The first-order valence-corrected chi connectivity index (χ1v) is 11.8. The molecule has 0 aliphatic carbocycles. The van der Waals surface area contributed by atoms with E-state index in [1.807, 2.05) is 65.0 Å². The number of benzene rings is 1. The molecule has 2 unspecified atom stereocenters. The van der Waals surface area contributed by atoms with E-state index in [-0.39, 0.29) is 17.3 Å². The number of carbonyl (C=O) groups excluding carboxylic acids is 3. The summed E-state index contributed by atoms with van der Waals surface area (Å²) in [5.74, 6) is -0.834. The predicted octanol–water partition coefficient (Wildman–Crippen LogP) is 4.30. The van der Waals surface area contributed by atoms with Crippen molar-refractivity contribution in [1.29, 1.82) is 0 Å². The number of thioether (sulfide) groups is 1. The van der Waals surface area contributed by atoms with Gasteiger partial charge in [-0.15, -0.1) is 0 Å². The summed E-state index contributed by atoms with van der Waals surface area (Å²) in [6.45, 7) is 15.1. The van der Waals surface area contributed by atoms with Crippen LogP contribution in [-0.4, -0.2) is 46.2 Å². The van der Waals surface area contributed by atoms with E-state index in [1.165, 1.54) is 0 Å². The largest absolute Gasteiger partial charge is 0.459 e. The number of hydrogen-bond donors (Lipinski definition) is 2. The van der Waals surface area contributed by atoms with E-state index in [2.05, 4.69) is 10.6 Å². The summed E-state index contributed by atoms with van der Waals surface area (Å²) in [4.78, 5) is 38.0. The zero-order valence-electron chi connectivity index (χ0n) is 20.5. The van der Waals surface area contributed by atoms with Crippen molar-refractivity contribution >= 4 is 29.7 Å². The van der Waals surface area contributed by atoms with E-state index in [0.29, 0.717) is 5.75 Å². The van der Waals surface area contributed by atoms with Crippen molar-refractivity contribution in [3.05, 3.63) is 35.9 Å². The van der Waals surface area contributed by atoms with Crippen LogP contribution < -0.4 is 10.6 Å². The molecule has 0 aromatic heterocycles. The van der Waals surface area contributed by atoms with Gasteiger partial charge in [0, 0.05) is 10.5 Å². The lowest BCUT2D eigenvalue weighted by molar-refractivity contribution is -0.148. The SMILES string of the molecule is CC(C)C(NC(=O)OC(C)(C)C)C(=O)NC(CSC(C)(C)C)C(=O)OCc1ccccc1. The van der Waals surface area contributed by atoms with Gasteiger partial charge in [0.05, 0.1) is 0 Å². The maximum absolute atomic E-state index is 13.0. The third kappa shape index (κ3) is 11.4. The number of amides is 2. The summed E-state index contributed by atoms with van der Waals surface area (Å²) in [5, 5.41) is 5.39. The molecule has 1 rings (SSSR count). The standard InChI is InChI=1S/C24H38N2O5S/c1-16(2)19(26-22(29)31-23(3,4)5)20(27)25-18(15-32-24(6,7)8)21(28)30-14-17-12-10-9-11-13-17/h9-13,16,18-19H,14-15H2,1-8H3,(H,25,27)(H,26,29). The highest BCUT2D eigenvalue weighted by Gasteiger charge is 2.31. The van der Waals surface area contributed by atoms with E-state index in [4.69, 9.17) is 9.47 Å². The first-order valence-electron chi connectivity index (χ1n) is 10.8. The minimum Gasteiger partial charge on any atom is -0.459 e. The second kappa shape index (κ2) is 12.1. The van der Waals surface area contributed by atoms with Crippen LogP contribution in [0.25, 0.3) is 0 Å². The second-order valence-electron chi connectivity index (χ2n) is 9.95. The molecule has 2 amide bonds. The number of carbonyl (C=O) groups is 3. The maximum Gasteiger partial charge on any atom is 0.408 e. The van der Waals surface area contributed by atoms with E-state index >= 15 is 0 Å². The van der Waals surface area contributed by atoms with Gasteiger partial charge in [0.1, 0.15) is 24.3 Å². The van der Waals surface area contributed by atoms with Crippen LogP contribution >= 0.6 is 11.8 Å². The fourth-order valence-electron chi connectivity index (χ4n) is 2.56. The molecule has 8 heteroatoms. The zero-order chi connectivity index (χ0) is 24.5. The molecule has 0 radical (unpaired) electrons. The highest BCUT2D eigenvalue weighted by atomic mass is 32.2. The molecular weight excluding hydrogens is 428 g/mol. The normalized spacial score (nSPS) is 13.8. The van der Waals surface area contributed by atoms with Crippen LogP contribution in [0.4, 0.5) is 4.79 Å². The average molecular weight is 467 g/mol. The van der Waals surface area contributed by atoms with Gasteiger partial charge < -0.3 is 20.1 Å². The molecule has 7 nitrogen and oxygen atoms in total. The Kier molecular flexibility index (Phi) is 10.5. The van der Waals surface area contributed by atoms with Crippen LogP contribution in [0.15, 0.2) is 30.3 Å². The smallest absolute Gasteiger partial charge is 0.408 e. The summed E-state index contributed by atoms with van der Waals surface area (Å²) in [6, 6.07) is 7.65. The van der Waals surface area contributed by atoms with E-state index in [0.717, 1.165) is 5.56 Å². The van der Waals surface area contributed by atoms with Crippen LogP contribution in [0.1, 0.15) is 61.0 Å². The Labute approximate surface area is 196 Å². The van der Waals surface area contributed by atoms with Crippen LogP contribution in [-0.2, 0) is 25.7 Å². The molecule has 1 aromatic rings. The molecule has 0 saturated heterocycles. The Balaban J connectivity index is 2.88.